The zero-order valence-corrected chi connectivity index (χ0v) is 14.6. The second-order valence-electron chi connectivity index (χ2n) is 6.50. The summed E-state index contributed by atoms with van der Waals surface area (Å²) in [5, 5.41) is 3.63. The Morgan fingerprint density at radius 1 is 1.11 bits per heavy atom. The number of hydrogen-bond acceptors (Lipinski definition) is 3. The predicted molar refractivity (Wildman–Crippen MR) is 101 cm³/mol. The van der Waals surface area contributed by atoms with E-state index < -0.39 is 5.82 Å². The van der Waals surface area contributed by atoms with E-state index in [1.807, 2.05) is 30.3 Å². The van der Waals surface area contributed by atoms with E-state index in [4.69, 9.17) is 0 Å². The van der Waals surface area contributed by atoms with Crippen molar-refractivity contribution in [3.8, 4) is 11.1 Å². The molecule has 0 atom stereocenters. The van der Waals surface area contributed by atoms with Crippen LogP contribution in [0.3, 0.4) is 0 Å². The summed E-state index contributed by atoms with van der Waals surface area (Å²) in [4.78, 5) is 30.3. The van der Waals surface area contributed by atoms with Crippen molar-refractivity contribution in [2.45, 2.75) is 6.42 Å². The van der Waals surface area contributed by atoms with Crippen LogP contribution in [-0.4, -0.2) is 41.3 Å². The number of halogens is 1. The van der Waals surface area contributed by atoms with Gasteiger partial charge in [0, 0.05) is 43.2 Å². The van der Waals surface area contributed by atoms with Gasteiger partial charge in [-0.05, 0) is 41.5 Å². The van der Waals surface area contributed by atoms with E-state index in [-0.39, 0.29) is 23.8 Å². The number of hydrogen-bond donors (Lipinski definition) is 1. The lowest BCUT2D eigenvalue weighted by Crippen LogP contribution is -2.34. The fraction of sp³-hybridized carbons (Fsp3) is 0.190. The van der Waals surface area contributed by atoms with Crippen LogP contribution in [0.25, 0.3) is 22.0 Å². The average Bonchev–Trinajstić information content (AvgIpc) is 2.91. The van der Waals surface area contributed by atoms with Crippen LogP contribution in [0.2, 0.25) is 0 Å². The van der Waals surface area contributed by atoms with E-state index in [1.54, 1.807) is 17.2 Å². The van der Waals surface area contributed by atoms with Gasteiger partial charge in [-0.1, -0.05) is 18.2 Å². The molecule has 4 rings (SSSR count). The zero-order chi connectivity index (χ0) is 18.8. The summed E-state index contributed by atoms with van der Waals surface area (Å²) in [7, 11) is 0. The van der Waals surface area contributed by atoms with Crippen molar-refractivity contribution in [2.24, 2.45) is 0 Å². The van der Waals surface area contributed by atoms with E-state index in [9.17, 15) is 14.0 Å². The molecule has 1 fully saturated rings. The maximum absolute atomic E-state index is 14.3. The third-order valence-corrected chi connectivity index (χ3v) is 4.70. The molecular formula is C21H18FN3O2. The summed E-state index contributed by atoms with van der Waals surface area (Å²) in [5.41, 5.74) is 2.53. The fourth-order valence-electron chi connectivity index (χ4n) is 3.37. The number of fused-ring (bicyclic) bond motifs is 1. The first-order valence-corrected chi connectivity index (χ1v) is 8.82. The van der Waals surface area contributed by atoms with Gasteiger partial charge in [0.1, 0.15) is 5.82 Å². The first-order chi connectivity index (χ1) is 13.1. The maximum Gasteiger partial charge on any atom is 0.254 e. The molecule has 1 aromatic heterocycles. The van der Waals surface area contributed by atoms with Crippen LogP contribution >= 0.6 is 0 Å². The van der Waals surface area contributed by atoms with Gasteiger partial charge < -0.3 is 10.2 Å². The monoisotopic (exact) mass is 363 g/mol. The van der Waals surface area contributed by atoms with Gasteiger partial charge in [0.15, 0.2) is 0 Å². The molecule has 0 spiro atoms. The predicted octanol–water partition coefficient (Wildman–Crippen LogP) is 3.00. The van der Waals surface area contributed by atoms with E-state index in [2.05, 4.69) is 10.3 Å². The molecule has 5 nitrogen and oxygen atoms in total. The molecule has 2 aromatic carbocycles. The van der Waals surface area contributed by atoms with Crippen molar-refractivity contribution in [2.75, 3.05) is 19.6 Å². The minimum Gasteiger partial charge on any atom is -0.354 e. The molecule has 0 radical (unpaired) electrons. The van der Waals surface area contributed by atoms with Crippen LogP contribution in [-0.2, 0) is 4.79 Å². The Morgan fingerprint density at radius 2 is 1.96 bits per heavy atom. The third kappa shape index (κ3) is 3.51. The Labute approximate surface area is 155 Å². The van der Waals surface area contributed by atoms with Crippen LogP contribution in [0.1, 0.15) is 16.8 Å². The van der Waals surface area contributed by atoms with Crippen LogP contribution in [0.15, 0.2) is 54.7 Å². The standard InChI is InChI=1S/C21H18FN3O2/c22-16-12-14(17-5-7-23-19-4-2-1-3-18(17)19)11-15(13-16)21(27)25-9-6-20(26)24-8-10-25/h1-5,7,11-13H,6,8-10H2,(H,24,26). The normalized spacial score (nSPS) is 14.7. The highest BCUT2D eigenvalue weighted by Crippen LogP contribution is 2.29. The highest BCUT2D eigenvalue weighted by Gasteiger charge is 2.21. The van der Waals surface area contributed by atoms with Crippen molar-refractivity contribution in [3.05, 3.63) is 66.1 Å². The van der Waals surface area contributed by atoms with Crippen molar-refractivity contribution in [1.29, 1.82) is 0 Å². The van der Waals surface area contributed by atoms with Gasteiger partial charge in [-0.3, -0.25) is 14.6 Å². The fourth-order valence-corrected chi connectivity index (χ4v) is 3.37. The Bertz CT molecular complexity index is 1030. The largest absolute Gasteiger partial charge is 0.354 e. The van der Waals surface area contributed by atoms with Gasteiger partial charge in [0.25, 0.3) is 5.91 Å². The number of pyridine rings is 1. The number of nitrogens with zero attached hydrogens (tertiary/aromatic N) is 2. The van der Waals surface area contributed by atoms with Crippen LogP contribution < -0.4 is 5.32 Å². The van der Waals surface area contributed by atoms with Crippen molar-refractivity contribution in [1.82, 2.24) is 15.2 Å². The highest BCUT2D eigenvalue weighted by atomic mass is 19.1. The summed E-state index contributed by atoms with van der Waals surface area (Å²) in [5.74, 6) is -0.820. The molecule has 0 aliphatic carbocycles. The molecule has 27 heavy (non-hydrogen) atoms. The molecule has 2 amide bonds. The zero-order valence-electron chi connectivity index (χ0n) is 14.6. The maximum atomic E-state index is 14.3. The molecule has 3 aromatic rings. The average molecular weight is 363 g/mol. The van der Waals surface area contributed by atoms with Crippen molar-refractivity contribution in [3.63, 3.8) is 0 Å². The summed E-state index contributed by atoms with van der Waals surface area (Å²) in [6, 6.07) is 13.8. The second-order valence-corrected chi connectivity index (χ2v) is 6.50. The van der Waals surface area contributed by atoms with Crippen molar-refractivity contribution < 1.29 is 14.0 Å². The Hall–Kier alpha value is -3.28. The lowest BCUT2D eigenvalue weighted by molar-refractivity contribution is -0.120. The molecule has 136 valence electrons. The molecule has 2 heterocycles. The number of nitrogens with one attached hydrogen (secondary N) is 1. The van der Waals surface area contributed by atoms with Crippen LogP contribution in [0.5, 0.6) is 0 Å². The molecule has 0 saturated carbocycles. The van der Waals surface area contributed by atoms with Gasteiger partial charge in [-0.2, -0.15) is 0 Å². The molecule has 1 aliphatic heterocycles. The highest BCUT2D eigenvalue weighted by molar-refractivity contribution is 5.99. The van der Waals surface area contributed by atoms with Crippen molar-refractivity contribution >= 4 is 22.7 Å². The van der Waals surface area contributed by atoms with E-state index >= 15 is 0 Å². The van der Waals surface area contributed by atoms with E-state index in [1.165, 1.54) is 12.1 Å². The first kappa shape index (κ1) is 17.1. The molecule has 1 saturated heterocycles. The topological polar surface area (TPSA) is 62.3 Å². The minimum absolute atomic E-state index is 0.0755. The number of carbonyl (C=O) groups excluding carboxylic acids is 2. The lowest BCUT2D eigenvalue weighted by atomic mass is 9.99. The van der Waals surface area contributed by atoms with Gasteiger partial charge in [0.2, 0.25) is 5.91 Å². The Balaban J connectivity index is 1.73. The van der Waals surface area contributed by atoms with E-state index in [0.29, 0.717) is 25.2 Å². The van der Waals surface area contributed by atoms with Crippen LogP contribution in [0.4, 0.5) is 4.39 Å². The van der Waals surface area contributed by atoms with Gasteiger partial charge in [0.05, 0.1) is 5.52 Å². The number of rotatable bonds is 2. The molecule has 6 heteroatoms. The summed E-state index contributed by atoms with van der Waals surface area (Å²) < 4.78 is 14.3. The smallest absolute Gasteiger partial charge is 0.254 e. The first-order valence-electron chi connectivity index (χ1n) is 8.82. The SMILES string of the molecule is O=C1CCN(C(=O)c2cc(F)cc(-c3ccnc4ccccc34)c2)CCN1. The number of carbonyl (C=O) groups is 2. The molecule has 0 unspecified atom stereocenters. The molecule has 1 N–H and O–H groups in total. The van der Waals surface area contributed by atoms with Gasteiger partial charge >= 0.3 is 0 Å². The number of benzene rings is 2. The van der Waals surface area contributed by atoms with Gasteiger partial charge in [-0.15, -0.1) is 0 Å². The lowest BCUT2D eigenvalue weighted by Gasteiger charge is -2.20. The summed E-state index contributed by atoms with van der Waals surface area (Å²) >= 11 is 0. The third-order valence-electron chi connectivity index (χ3n) is 4.70. The number of amides is 2. The van der Waals surface area contributed by atoms with Crippen LogP contribution in [0, 0.1) is 5.82 Å². The number of para-hydroxylation sites is 1. The summed E-state index contributed by atoms with van der Waals surface area (Å²) in [6.45, 7) is 1.14. The second kappa shape index (κ2) is 7.15. The van der Waals surface area contributed by atoms with Gasteiger partial charge in [-0.25, -0.2) is 4.39 Å². The quantitative estimate of drug-likeness (QED) is 0.761. The molecule has 0 bridgehead atoms. The Morgan fingerprint density at radius 3 is 2.85 bits per heavy atom. The number of aromatic nitrogens is 1. The molecular weight excluding hydrogens is 345 g/mol. The molecule has 1 aliphatic rings. The van der Waals surface area contributed by atoms with E-state index in [0.717, 1.165) is 16.5 Å². The minimum atomic E-state index is -0.472. The summed E-state index contributed by atoms with van der Waals surface area (Å²) in [6.07, 6.45) is 1.93. The Kier molecular flexibility index (Phi) is 4.54.